The molecular formula is Mn71N2O6+140. The first-order valence-corrected chi connectivity index (χ1v) is 1.10. The van der Waals surface area contributed by atoms with E-state index < -0.39 is 10.2 Å². The van der Waals surface area contributed by atoms with E-state index in [9.17, 15) is 0 Å². The molecule has 8 nitrogen and oxygen atoms in total. The van der Waals surface area contributed by atoms with Gasteiger partial charge >= 0.3 is 1210 Å². The second-order valence-electron chi connectivity index (χ2n) is 0.447. The molecule has 0 aliphatic carbocycles. The number of hydrogen-bond donors (Lipinski definition) is 0. The van der Waals surface area contributed by atoms with E-state index in [0.29, 0.717) is 0 Å². The summed E-state index contributed by atoms with van der Waals surface area (Å²) in [5, 5.41) is 29.5. The molecular weight excluding hydrogens is 4020 g/mol. The molecule has 0 aliphatic rings. The van der Waals surface area contributed by atoms with Gasteiger partial charge in [0.25, 0.3) is 0 Å². The summed E-state index contributed by atoms with van der Waals surface area (Å²) in [6.45, 7) is 0. The van der Waals surface area contributed by atoms with Gasteiger partial charge in [-0.1, -0.05) is 0 Å². The van der Waals surface area contributed by atoms with Gasteiger partial charge in [0.15, 0.2) is 0 Å². The van der Waals surface area contributed by atoms with Crippen LogP contribution in [0, 0.1) is 30.6 Å². The zero-order chi connectivity index (χ0) is 7.15. The van der Waals surface area contributed by atoms with Crippen LogP contribution in [0.3, 0.4) is 0 Å². The Morgan fingerprint density at radius 1 is 0.0886 bits per heavy atom. The van der Waals surface area contributed by atoms with Gasteiger partial charge in [-0.2, -0.15) is 0 Å². The van der Waals surface area contributed by atoms with Crippen LogP contribution in [-0.4, -0.2) is 10.2 Å². The maximum Gasteiger partial charge on any atom is 2.00 e. The van der Waals surface area contributed by atoms with Crippen LogP contribution >= 0.6 is 0 Å². The second-order valence-corrected chi connectivity index (χ2v) is 0.447. The van der Waals surface area contributed by atoms with E-state index in [1.165, 1.54) is 0 Å². The van der Waals surface area contributed by atoms with Crippen molar-refractivity contribution < 1.29 is 1220 Å². The Morgan fingerprint density at radius 2 is 0.0886 bits per heavy atom. The van der Waals surface area contributed by atoms with Crippen LogP contribution < -0.4 is 0 Å². The van der Waals surface area contributed by atoms with Crippen LogP contribution in [0.5, 0.6) is 0 Å². The van der Waals surface area contributed by atoms with Gasteiger partial charge in [0.05, 0.1) is 10.2 Å². The molecule has 0 bridgehead atoms. The van der Waals surface area contributed by atoms with Crippen LogP contribution in [0.4, 0.5) is 0 Å². The summed E-state index contributed by atoms with van der Waals surface area (Å²) >= 11 is 0. The third kappa shape index (κ3) is 1130. The molecule has 0 aliphatic heterocycles. The molecule has 0 atom stereocenters. The first kappa shape index (κ1) is 861. The van der Waals surface area contributed by atoms with Gasteiger partial charge < -0.3 is 30.6 Å². The van der Waals surface area contributed by atoms with E-state index >= 15 is 0 Å². The molecule has 0 aromatic carbocycles. The van der Waals surface area contributed by atoms with Crippen molar-refractivity contribution in [3.63, 3.8) is 0 Å². The van der Waals surface area contributed by atoms with Gasteiger partial charge in [0, 0.05) is 0 Å². The molecule has 0 aromatic heterocycles. The molecule has 0 unspecified atom stereocenters. The third-order valence-corrected chi connectivity index (χ3v) is 0. The number of hydrogen-bond acceptors (Lipinski definition) is 6. The molecule has 0 amide bonds. The van der Waals surface area contributed by atoms with E-state index in [4.69, 9.17) is 30.6 Å². The van der Waals surface area contributed by atoms with E-state index in [1.807, 2.05) is 0 Å². The average Bonchev–Trinajstić information content (AvgIpc) is 1.25. The van der Waals surface area contributed by atoms with Gasteiger partial charge in [0.2, 0.25) is 0 Å². The molecule has 0 fully saturated rings. The molecule has 0 spiro atoms. The van der Waals surface area contributed by atoms with Crippen molar-refractivity contribution in [2.45, 2.75) is 0 Å². The fraction of sp³-hybridized carbons (Fsp3) is 0. The smallest absolute Gasteiger partial charge is 0.356 e. The summed E-state index contributed by atoms with van der Waals surface area (Å²) in [7, 11) is 0. The molecule has 403 valence electrons. The van der Waals surface area contributed by atoms with Crippen molar-refractivity contribution in [2.75, 3.05) is 0 Å². The van der Waals surface area contributed by atoms with Crippen LogP contribution in [0.15, 0.2) is 0 Å². The van der Waals surface area contributed by atoms with Gasteiger partial charge in [0.1, 0.15) is 0 Å². The topological polar surface area (TPSA) is 132 Å². The molecule has 0 N–H and O–H groups in total. The molecule has 0 saturated carbocycles. The summed E-state index contributed by atoms with van der Waals surface area (Å²) in [5.41, 5.74) is 0. The Bertz CT molecular complexity index is 102. The molecule has 71 radical (unpaired) electrons. The van der Waals surface area contributed by atoms with Crippen molar-refractivity contribution in [1.29, 1.82) is 0 Å². The van der Waals surface area contributed by atoms with Crippen LogP contribution in [-0.2, 0) is 1210 Å². The van der Waals surface area contributed by atoms with Crippen LogP contribution in [0.25, 0.3) is 0 Å². The van der Waals surface area contributed by atoms with Crippen molar-refractivity contribution in [2.24, 2.45) is 0 Å². The van der Waals surface area contributed by atoms with Crippen LogP contribution in [0.1, 0.15) is 0 Å². The number of nitrogens with zero attached hydrogens (tertiary/aromatic N) is 2. The zero-order valence-electron chi connectivity index (χ0n) is 30.2. The molecule has 0 rings (SSSR count). The molecule has 0 aromatic rings. The Labute approximate surface area is 1220 Å². The largest absolute Gasteiger partial charge is 2.00 e. The summed E-state index contributed by atoms with van der Waals surface area (Å²) in [4.78, 5) is 16.5. The maximum absolute atomic E-state index is 8.25. The normalized spacial score (nSPS) is 0.608. The fourth-order valence-electron chi connectivity index (χ4n) is 0. The summed E-state index contributed by atoms with van der Waals surface area (Å²) in [5.74, 6) is 0. The van der Waals surface area contributed by atoms with Crippen LogP contribution in [0.2, 0.25) is 0 Å². The van der Waals surface area contributed by atoms with Gasteiger partial charge in [-0.25, -0.2) is 0 Å². The Morgan fingerprint density at radius 3 is 0.0886 bits per heavy atom. The van der Waals surface area contributed by atoms with E-state index in [0.717, 1.165) is 0 Å². The zero-order valence-corrected chi connectivity index (χ0v) is 114. The Balaban J connectivity index is -0.0000000000676. The maximum atomic E-state index is 8.25. The van der Waals surface area contributed by atoms with Crippen molar-refractivity contribution in [3.8, 4) is 0 Å². The molecule has 79 heteroatoms. The van der Waals surface area contributed by atoms with Crippen molar-refractivity contribution in [3.05, 3.63) is 30.6 Å². The number of rotatable bonds is 0. The van der Waals surface area contributed by atoms with Gasteiger partial charge in [-0.3, -0.25) is 0 Å². The standard InChI is InChI=1S/71Mn.2NO3/c;;;;;;;;;;;;;;;;;;;;;;;;;;;;;;;;;;;;;;;;;;;;;;;;;;;;;;;;;;;;;;;;;;;;;;;2*2-1(3)4/q71*+2;2*-1. The Kier molecular flexibility index (Phi) is 9130. The minimum atomic E-state index is -1.75. The van der Waals surface area contributed by atoms with E-state index in [1.54, 1.807) is 0 Å². The minimum absolute atomic E-state index is 0. The summed E-state index contributed by atoms with van der Waals surface area (Å²) < 4.78 is 0. The first-order valence-electron chi connectivity index (χ1n) is 1.10. The predicted octanol–water partition coefficient (Wildman–Crippen LogP) is -0.656. The monoisotopic (exact) mass is 4020 g/mol. The van der Waals surface area contributed by atoms with Gasteiger partial charge in [-0.15, -0.1) is 0 Å². The average molecular weight is 4020 g/mol. The van der Waals surface area contributed by atoms with Crippen molar-refractivity contribution >= 4 is 0 Å². The van der Waals surface area contributed by atoms with E-state index in [2.05, 4.69) is 0 Å². The summed E-state index contributed by atoms with van der Waals surface area (Å²) in [6, 6.07) is 0. The van der Waals surface area contributed by atoms with Gasteiger partial charge in [-0.05, 0) is 0 Å². The summed E-state index contributed by atoms with van der Waals surface area (Å²) in [6.07, 6.45) is 0. The first-order chi connectivity index (χ1) is 3.46. The van der Waals surface area contributed by atoms with Crippen molar-refractivity contribution in [1.82, 2.24) is 0 Å². The molecule has 0 heterocycles. The SMILES string of the molecule is O=[N+]([O-])[O-].O=[N+]([O-])[O-].[Mn+2].[Mn+2].[Mn+2].[Mn+2].[Mn+2].[Mn+2].[Mn+2].[Mn+2].[Mn+2].[Mn+2].[Mn+2].[Mn+2].[Mn+2].[Mn+2].[Mn+2].[Mn+2].[Mn+2].[Mn+2].[Mn+2].[Mn+2].[Mn+2].[Mn+2].[Mn+2].[Mn+2].[Mn+2].[Mn+2].[Mn+2].[Mn+2].[Mn+2].[Mn+2].[Mn+2].[Mn+2].[Mn+2].[Mn+2].[Mn+2].[Mn+2].[Mn+2].[Mn+2].[Mn+2].[Mn+2].[Mn+2].[Mn+2].[Mn+2].[Mn+2].[Mn+2].[Mn+2].[Mn+2].[Mn+2].[Mn+2].[Mn+2].[Mn+2].[Mn+2].[Mn+2].[Mn+2].[Mn+2].[Mn+2].[Mn+2].[Mn+2].[Mn+2].[Mn+2].[Mn+2].[Mn+2].[Mn+2].[Mn+2].[Mn+2].[Mn+2].[Mn+2].[Mn+2].[Mn+2].[Mn+2].[Mn+2]. The minimum Gasteiger partial charge on any atom is -0.356 e. The molecule has 79 heavy (non-hydrogen) atoms. The molecule has 0 saturated heterocycles. The quantitative estimate of drug-likeness (QED) is 0.180. The fourth-order valence-corrected chi connectivity index (χ4v) is 0. The predicted molar refractivity (Wildman–Crippen MR) is 20.7 cm³/mol. The van der Waals surface area contributed by atoms with E-state index in [-0.39, 0.29) is 1210 Å². The second kappa shape index (κ2) is 838. The third-order valence-electron chi connectivity index (χ3n) is 0. The Hall–Kier alpha value is 35.3.